The predicted octanol–water partition coefficient (Wildman–Crippen LogP) is 2.31. The number of rotatable bonds is 16. The monoisotopic (exact) mass is 372 g/mol. The molecule has 0 aliphatic rings. The van der Waals surface area contributed by atoms with Crippen LogP contribution in [-0.4, -0.2) is 5.11 Å². The number of hydrogen-bond acceptors (Lipinski definition) is 1. The average Bonchev–Trinajstić information content (AvgIpc) is 2.63. The van der Waals surface area contributed by atoms with Gasteiger partial charge in [0.15, 0.2) is 0 Å². The van der Waals surface area contributed by atoms with E-state index in [-0.39, 0.29) is 37.7 Å². The van der Waals surface area contributed by atoms with Crippen molar-refractivity contribution in [3.8, 4) is 5.75 Å². The van der Waals surface area contributed by atoms with Crippen molar-refractivity contribution in [1.82, 2.24) is 0 Å². The van der Waals surface area contributed by atoms with E-state index in [1.165, 1.54) is 82.6 Å². The summed E-state index contributed by atoms with van der Waals surface area (Å²) in [4.78, 5) is 0. The Hall–Kier alpha value is -0.0452. The van der Waals surface area contributed by atoms with Crippen LogP contribution in [0.1, 0.15) is 120 Å². The zero-order valence-corrected chi connectivity index (χ0v) is 19.7. The van der Waals surface area contributed by atoms with E-state index in [1.807, 2.05) is 6.92 Å². The summed E-state index contributed by atoms with van der Waals surface area (Å²) < 4.78 is 0. The molecule has 0 bridgehead atoms. The molecule has 0 amide bonds. The molecule has 1 rings (SSSR count). The van der Waals surface area contributed by atoms with Gasteiger partial charge in [0.1, 0.15) is 0 Å². The Morgan fingerprint density at radius 1 is 0.679 bits per heavy atom. The van der Waals surface area contributed by atoms with Gasteiger partial charge in [-0.3, -0.25) is 0 Å². The molecule has 0 aromatic heterocycles. The average molecular weight is 372 g/mol. The van der Waals surface area contributed by atoms with Gasteiger partial charge in [0.25, 0.3) is 0 Å². The zero-order chi connectivity index (χ0) is 19.0. The van der Waals surface area contributed by atoms with Crippen LogP contribution in [0.25, 0.3) is 0 Å². The first-order chi connectivity index (χ1) is 12.7. The summed E-state index contributed by atoms with van der Waals surface area (Å²) in [5, 5.41) is 10.3. The van der Waals surface area contributed by atoms with Crippen LogP contribution in [0.2, 0.25) is 0 Å². The fraction of sp³-hybridized carbons (Fsp3) is 0.680. The maximum atomic E-state index is 10.3. The van der Waals surface area contributed by atoms with Gasteiger partial charge in [-0.25, -0.2) is 0 Å². The van der Waals surface area contributed by atoms with Gasteiger partial charge >= 0.3 is 37.7 Å². The minimum atomic E-state index is 0. The first-order valence-electron chi connectivity index (χ1n) is 11.2. The third-order valence-electron chi connectivity index (χ3n) is 5.21. The fourth-order valence-electron chi connectivity index (χ4n) is 3.48. The van der Waals surface area contributed by atoms with E-state index in [2.05, 4.69) is 38.8 Å². The summed E-state index contributed by atoms with van der Waals surface area (Å²) in [6.45, 7) is 6.54. The molecule has 28 heavy (non-hydrogen) atoms. The Balaban J connectivity index is 0. The third-order valence-corrected chi connectivity index (χ3v) is 5.21. The van der Waals surface area contributed by atoms with Gasteiger partial charge in [0, 0.05) is 5.75 Å². The third kappa shape index (κ3) is 14.0. The maximum Gasteiger partial charge on any atom is 1.00 e. The van der Waals surface area contributed by atoms with Crippen LogP contribution < -0.4 is 37.7 Å². The van der Waals surface area contributed by atoms with Gasteiger partial charge in [0.2, 0.25) is 0 Å². The molecule has 1 N–H and O–H groups in total. The smallest absolute Gasteiger partial charge is 0.566 e. The molecule has 0 radical (unpaired) electrons. The number of hydrogen-bond donors (Lipinski definition) is 1. The molecule has 1 aromatic rings. The first kappa shape index (κ1) is 30.2. The largest absolute Gasteiger partial charge is 1.00 e. The topological polar surface area (TPSA) is 20.2 Å². The van der Waals surface area contributed by atoms with Crippen LogP contribution in [0.4, 0.5) is 0 Å². The van der Waals surface area contributed by atoms with Crippen molar-refractivity contribution >= 4 is 0 Å². The Kier molecular flexibility index (Phi) is 21.8. The van der Waals surface area contributed by atoms with Gasteiger partial charge < -0.3 is 5.11 Å². The second-order valence-electron chi connectivity index (χ2n) is 7.80. The second kappa shape index (κ2) is 20.2. The van der Waals surface area contributed by atoms with Crippen molar-refractivity contribution in [2.24, 2.45) is 0 Å². The summed E-state index contributed by atoms with van der Waals surface area (Å²) in [7, 11) is 0. The Morgan fingerprint density at radius 2 is 1.14 bits per heavy atom. The molecule has 1 nitrogen and oxygen atoms in total. The van der Waals surface area contributed by atoms with E-state index in [1.54, 1.807) is 0 Å². The minimum Gasteiger partial charge on any atom is -0.566 e. The molecule has 0 aliphatic carbocycles. The Labute approximate surface area is 200 Å². The molecular formula is C25H42Li2O. The van der Waals surface area contributed by atoms with Gasteiger partial charge in [0.05, 0.1) is 0 Å². The first-order valence-corrected chi connectivity index (χ1v) is 11.2. The molecule has 0 saturated carbocycles. The number of aromatic hydroxyl groups is 1. The summed E-state index contributed by atoms with van der Waals surface area (Å²) in [5.74, 6) is 0.465. The van der Waals surface area contributed by atoms with E-state index in [9.17, 15) is 5.11 Å². The van der Waals surface area contributed by atoms with Gasteiger partial charge in [-0.15, -0.1) is 5.56 Å². The standard InChI is InChI=1S/C25H42O.2Li/c1-4-6-8-10-12-14-16-18-23-20-22(3)25(26)24(21-23)19-17-15-13-11-9-7-5-2;;/h18-21,26H,4-17H2,1-3H3;;/q-2;2*+1. The van der Waals surface area contributed by atoms with E-state index in [0.717, 1.165) is 24.0 Å². The van der Waals surface area contributed by atoms with Gasteiger partial charge in [-0.2, -0.15) is 36.1 Å². The number of phenolic OH excluding ortho intramolecular Hbond substituents is 1. The van der Waals surface area contributed by atoms with Crippen molar-refractivity contribution in [2.75, 3.05) is 0 Å². The minimum absolute atomic E-state index is 0. The summed E-state index contributed by atoms with van der Waals surface area (Å²) in [5.41, 5.74) is 3.28. The molecule has 0 unspecified atom stereocenters. The van der Waals surface area contributed by atoms with Crippen LogP contribution >= 0.6 is 0 Å². The molecule has 150 valence electrons. The molecule has 0 aliphatic heterocycles. The number of benzene rings is 1. The Bertz CT molecular complexity index is 474. The summed E-state index contributed by atoms with van der Waals surface area (Å²) >= 11 is 0. The van der Waals surface area contributed by atoms with Crippen LogP contribution in [0.15, 0.2) is 12.1 Å². The van der Waals surface area contributed by atoms with Crippen molar-refractivity contribution in [3.05, 3.63) is 41.7 Å². The van der Waals surface area contributed by atoms with Crippen molar-refractivity contribution in [3.63, 3.8) is 0 Å². The molecular weight excluding hydrogens is 330 g/mol. The van der Waals surface area contributed by atoms with Crippen LogP contribution in [0, 0.1) is 19.8 Å². The summed E-state index contributed by atoms with van der Waals surface area (Å²) in [6.07, 6.45) is 22.8. The van der Waals surface area contributed by atoms with E-state index < -0.39 is 0 Å². The normalized spacial score (nSPS) is 10.1. The van der Waals surface area contributed by atoms with Crippen molar-refractivity contribution < 1.29 is 42.8 Å². The number of unbranched alkanes of at least 4 members (excludes halogenated alkanes) is 12. The predicted molar refractivity (Wildman–Crippen MR) is 116 cm³/mol. The molecule has 0 spiro atoms. The van der Waals surface area contributed by atoms with E-state index in [0.29, 0.717) is 5.75 Å². The second-order valence-corrected chi connectivity index (χ2v) is 7.80. The van der Waals surface area contributed by atoms with Gasteiger partial charge in [-0.05, 0) is 0 Å². The van der Waals surface area contributed by atoms with E-state index >= 15 is 0 Å². The number of aryl methyl sites for hydroxylation is 1. The van der Waals surface area contributed by atoms with Crippen molar-refractivity contribution in [1.29, 1.82) is 0 Å². The van der Waals surface area contributed by atoms with Crippen LogP contribution in [-0.2, 0) is 0 Å². The molecule has 0 saturated heterocycles. The molecule has 0 heterocycles. The van der Waals surface area contributed by atoms with Crippen LogP contribution in [0.5, 0.6) is 5.75 Å². The fourth-order valence-corrected chi connectivity index (χ4v) is 3.48. The van der Waals surface area contributed by atoms with Crippen LogP contribution in [0.3, 0.4) is 0 Å². The maximum absolute atomic E-state index is 10.3. The molecule has 0 atom stereocenters. The molecule has 1 aromatic carbocycles. The quantitative estimate of drug-likeness (QED) is 0.268. The zero-order valence-electron chi connectivity index (χ0n) is 19.7. The molecule has 3 heteroatoms. The summed E-state index contributed by atoms with van der Waals surface area (Å²) in [6, 6.07) is 4.28. The number of phenols is 1. The van der Waals surface area contributed by atoms with Crippen molar-refractivity contribution in [2.45, 2.75) is 111 Å². The Morgan fingerprint density at radius 3 is 1.68 bits per heavy atom. The molecule has 0 fully saturated rings. The van der Waals surface area contributed by atoms with E-state index in [4.69, 9.17) is 0 Å². The van der Waals surface area contributed by atoms with Gasteiger partial charge in [-0.1, -0.05) is 111 Å². The SMILES string of the molecule is CCCCCCCC[CH-]c1cc(C)c(O)c([CH-]CCCCCCCC)c1.[Li+].[Li+].